The van der Waals surface area contributed by atoms with E-state index < -0.39 is 11.2 Å². The van der Waals surface area contributed by atoms with Gasteiger partial charge in [-0.3, -0.25) is 0 Å². The summed E-state index contributed by atoms with van der Waals surface area (Å²) in [5.74, 6) is 0.343. The first-order valence-electron chi connectivity index (χ1n) is 10.9. The number of methoxy groups -OCH3 is 1. The molecule has 0 aliphatic carbocycles. The first kappa shape index (κ1) is 21.9. The minimum absolute atomic E-state index is 0.293. The number of carbonyl (C=O) groups excluding carboxylic acids is 2. The van der Waals surface area contributed by atoms with Crippen LogP contribution in [0.4, 0.5) is 4.79 Å². The van der Waals surface area contributed by atoms with E-state index in [-0.39, 0.29) is 12.1 Å². The number of nitrogens with zero attached hydrogens (tertiary/aromatic N) is 1. The lowest BCUT2D eigenvalue weighted by Gasteiger charge is -2.43. The number of hydrogen-bond donors (Lipinski definition) is 0. The number of ether oxygens (including phenoxy) is 3. The molecule has 1 saturated heterocycles. The highest BCUT2D eigenvalue weighted by molar-refractivity contribution is 5.93. The molecule has 4 rings (SSSR count). The van der Waals surface area contributed by atoms with Crippen molar-refractivity contribution in [2.45, 2.75) is 44.8 Å². The van der Waals surface area contributed by atoms with E-state index in [2.05, 4.69) is 18.2 Å². The van der Waals surface area contributed by atoms with Gasteiger partial charge in [-0.15, -0.1) is 0 Å². The number of piperidine rings is 1. The van der Waals surface area contributed by atoms with E-state index >= 15 is 0 Å². The van der Waals surface area contributed by atoms with Crippen molar-refractivity contribution in [1.29, 1.82) is 0 Å². The first-order chi connectivity index (χ1) is 15.2. The molecule has 0 aromatic heterocycles. The Labute approximate surface area is 188 Å². The Morgan fingerprint density at radius 1 is 1.03 bits per heavy atom. The molecular formula is C26H29NO5. The molecular weight excluding hydrogens is 406 g/mol. The summed E-state index contributed by atoms with van der Waals surface area (Å²) in [6.07, 6.45) is 3.17. The van der Waals surface area contributed by atoms with Crippen molar-refractivity contribution in [2.24, 2.45) is 0 Å². The number of carbonyl (C=O) groups is 2. The number of rotatable bonds is 2. The summed E-state index contributed by atoms with van der Waals surface area (Å²) >= 11 is 0. The zero-order chi connectivity index (χ0) is 22.9. The largest absolute Gasteiger partial charge is 0.482 e. The molecule has 0 N–H and O–H groups in total. The molecule has 0 radical (unpaired) electrons. The number of fused-ring (bicyclic) bond motifs is 1. The van der Waals surface area contributed by atoms with Crippen molar-refractivity contribution >= 4 is 17.6 Å². The highest BCUT2D eigenvalue weighted by Crippen LogP contribution is 2.43. The van der Waals surface area contributed by atoms with Gasteiger partial charge in [-0.25, -0.2) is 9.59 Å². The van der Waals surface area contributed by atoms with Crippen LogP contribution in [0, 0.1) is 0 Å². The van der Waals surface area contributed by atoms with Crippen molar-refractivity contribution in [2.75, 3.05) is 20.2 Å². The lowest BCUT2D eigenvalue weighted by molar-refractivity contribution is -0.00116. The SMILES string of the molecule is COC(=O)c1ccc2c(c1)C(c1ccccc1)=CC1(CCN(C(=O)OC(C)(C)C)CC1)O2. The minimum Gasteiger partial charge on any atom is -0.482 e. The van der Waals surface area contributed by atoms with E-state index in [0.29, 0.717) is 31.5 Å². The summed E-state index contributed by atoms with van der Waals surface area (Å²) in [4.78, 5) is 26.3. The third kappa shape index (κ3) is 4.49. The van der Waals surface area contributed by atoms with Crippen LogP contribution in [-0.4, -0.2) is 48.4 Å². The van der Waals surface area contributed by atoms with Crippen LogP contribution in [0.25, 0.3) is 5.57 Å². The molecule has 32 heavy (non-hydrogen) atoms. The summed E-state index contributed by atoms with van der Waals surface area (Å²) in [6, 6.07) is 15.4. The zero-order valence-corrected chi connectivity index (χ0v) is 19.0. The fourth-order valence-corrected chi connectivity index (χ4v) is 4.16. The van der Waals surface area contributed by atoms with Gasteiger partial charge in [0, 0.05) is 31.5 Å². The third-order valence-electron chi connectivity index (χ3n) is 5.76. The van der Waals surface area contributed by atoms with Crippen LogP contribution in [0.3, 0.4) is 0 Å². The highest BCUT2D eigenvalue weighted by atomic mass is 16.6. The lowest BCUT2D eigenvalue weighted by Crippen LogP contribution is -2.50. The second kappa shape index (κ2) is 8.34. The number of amides is 1. The Morgan fingerprint density at radius 2 is 1.72 bits per heavy atom. The molecule has 1 amide bonds. The highest BCUT2D eigenvalue weighted by Gasteiger charge is 2.41. The van der Waals surface area contributed by atoms with E-state index in [9.17, 15) is 9.59 Å². The summed E-state index contributed by atoms with van der Waals surface area (Å²) in [5.41, 5.74) is 2.36. The van der Waals surface area contributed by atoms with Crippen LogP contribution >= 0.6 is 0 Å². The molecule has 2 aromatic carbocycles. The third-order valence-corrected chi connectivity index (χ3v) is 5.76. The summed E-state index contributed by atoms with van der Waals surface area (Å²) in [7, 11) is 1.37. The van der Waals surface area contributed by atoms with Crippen LogP contribution in [-0.2, 0) is 9.47 Å². The average molecular weight is 436 g/mol. The second-order valence-corrected chi connectivity index (χ2v) is 9.26. The standard InChI is InChI=1S/C26H29NO5/c1-25(2,3)32-24(29)27-14-12-26(13-15-27)17-21(18-8-6-5-7-9-18)20-16-19(23(28)30-4)10-11-22(20)31-26/h5-11,16-17H,12-15H2,1-4H3. The molecule has 1 fully saturated rings. The van der Waals surface area contributed by atoms with Crippen molar-refractivity contribution in [3.63, 3.8) is 0 Å². The Hall–Kier alpha value is -3.28. The number of benzene rings is 2. The quantitative estimate of drug-likeness (QED) is 0.617. The monoisotopic (exact) mass is 435 g/mol. The van der Waals surface area contributed by atoms with Gasteiger partial charge in [0.25, 0.3) is 0 Å². The molecule has 2 aromatic rings. The first-order valence-corrected chi connectivity index (χ1v) is 10.9. The molecule has 1 spiro atoms. The summed E-state index contributed by atoms with van der Waals surface area (Å²) in [5, 5.41) is 0. The lowest BCUT2D eigenvalue weighted by atomic mass is 9.82. The Morgan fingerprint density at radius 3 is 2.34 bits per heavy atom. The van der Waals surface area contributed by atoms with Crippen molar-refractivity contribution in [1.82, 2.24) is 4.90 Å². The van der Waals surface area contributed by atoms with Gasteiger partial charge in [0.2, 0.25) is 0 Å². The fourth-order valence-electron chi connectivity index (χ4n) is 4.16. The molecule has 0 atom stereocenters. The van der Waals surface area contributed by atoms with Gasteiger partial charge in [0.15, 0.2) is 0 Å². The van der Waals surface area contributed by atoms with Gasteiger partial charge in [0.1, 0.15) is 17.0 Å². The molecule has 2 aliphatic heterocycles. The minimum atomic E-state index is -0.524. The van der Waals surface area contributed by atoms with Crippen LogP contribution in [0.1, 0.15) is 55.1 Å². The van der Waals surface area contributed by atoms with Crippen molar-refractivity contribution in [3.8, 4) is 5.75 Å². The topological polar surface area (TPSA) is 65.1 Å². The smallest absolute Gasteiger partial charge is 0.410 e. The van der Waals surface area contributed by atoms with Gasteiger partial charge in [-0.1, -0.05) is 30.3 Å². The predicted octanol–water partition coefficient (Wildman–Crippen LogP) is 5.07. The molecule has 2 heterocycles. The number of likely N-dealkylation sites (tertiary alicyclic amines) is 1. The maximum absolute atomic E-state index is 12.5. The van der Waals surface area contributed by atoms with E-state index in [4.69, 9.17) is 14.2 Å². The van der Waals surface area contributed by atoms with E-state index in [1.165, 1.54) is 7.11 Å². The summed E-state index contributed by atoms with van der Waals surface area (Å²) in [6.45, 7) is 6.70. The van der Waals surface area contributed by atoms with Crippen LogP contribution < -0.4 is 4.74 Å². The van der Waals surface area contributed by atoms with Gasteiger partial charge in [-0.2, -0.15) is 0 Å². The Kier molecular flexibility index (Phi) is 5.71. The number of esters is 1. The van der Waals surface area contributed by atoms with Crippen molar-refractivity contribution < 1.29 is 23.8 Å². The Bertz CT molecular complexity index is 1040. The van der Waals surface area contributed by atoms with E-state index in [1.807, 2.05) is 51.1 Å². The van der Waals surface area contributed by atoms with E-state index in [1.54, 1.807) is 11.0 Å². The van der Waals surface area contributed by atoms with E-state index in [0.717, 1.165) is 22.4 Å². The maximum Gasteiger partial charge on any atom is 0.410 e. The summed E-state index contributed by atoms with van der Waals surface area (Å²) < 4.78 is 16.9. The molecule has 0 unspecified atom stereocenters. The van der Waals surface area contributed by atoms with Gasteiger partial charge < -0.3 is 19.1 Å². The van der Waals surface area contributed by atoms with Crippen LogP contribution in [0.2, 0.25) is 0 Å². The second-order valence-electron chi connectivity index (χ2n) is 9.26. The Balaban J connectivity index is 1.66. The van der Waals surface area contributed by atoms with Gasteiger partial charge in [-0.05, 0) is 56.2 Å². The molecule has 2 aliphatic rings. The van der Waals surface area contributed by atoms with Crippen LogP contribution in [0.15, 0.2) is 54.6 Å². The fraction of sp³-hybridized carbons (Fsp3) is 0.385. The number of hydrogen-bond acceptors (Lipinski definition) is 5. The van der Waals surface area contributed by atoms with Crippen LogP contribution in [0.5, 0.6) is 5.75 Å². The molecule has 0 saturated carbocycles. The maximum atomic E-state index is 12.5. The molecule has 0 bridgehead atoms. The van der Waals surface area contributed by atoms with Crippen molar-refractivity contribution in [3.05, 3.63) is 71.3 Å². The molecule has 6 nitrogen and oxygen atoms in total. The molecule has 168 valence electrons. The average Bonchev–Trinajstić information content (AvgIpc) is 2.77. The molecule has 6 heteroatoms. The predicted molar refractivity (Wildman–Crippen MR) is 122 cm³/mol. The van der Waals surface area contributed by atoms with Gasteiger partial charge >= 0.3 is 12.1 Å². The van der Waals surface area contributed by atoms with Gasteiger partial charge in [0.05, 0.1) is 12.7 Å². The zero-order valence-electron chi connectivity index (χ0n) is 19.0. The normalized spacial score (nSPS) is 17.1.